The first-order chi connectivity index (χ1) is 14.8. The summed E-state index contributed by atoms with van der Waals surface area (Å²) in [4.78, 5) is 3.09. The lowest BCUT2D eigenvalue weighted by Crippen LogP contribution is -2.26. The van der Waals surface area contributed by atoms with Crippen LogP contribution in [0, 0.1) is 0 Å². The van der Waals surface area contributed by atoms with Gasteiger partial charge in [-0.15, -0.1) is 11.8 Å². The molecule has 0 saturated carbocycles. The van der Waals surface area contributed by atoms with Gasteiger partial charge in [0.15, 0.2) is 0 Å². The minimum absolute atomic E-state index is 0.00111. The summed E-state index contributed by atoms with van der Waals surface area (Å²) in [6, 6.07) is 8.94. The highest BCUT2D eigenvalue weighted by Crippen LogP contribution is 2.35. The van der Waals surface area contributed by atoms with E-state index in [0.29, 0.717) is 17.5 Å². The molecule has 0 amide bonds. The van der Waals surface area contributed by atoms with Gasteiger partial charge in [-0.1, -0.05) is 29.8 Å². The number of fused-ring (bicyclic) bond motifs is 1. The second-order valence-electron chi connectivity index (χ2n) is 6.41. The molecule has 3 aromatic rings. The Morgan fingerprint density at radius 3 is 2.31 bits per heavy atom. The summed E-state index contributed by atoms with van der Waals surface area (Å²) in [7, 11) is -4.39. The highest BCUT2D eigenvalue weighted by atomic mass is 35.5. The van der Waals surface area contributed by atoms with Gasteiger partial charge < -0.3 is 0 Å². The van der Waals surface area contributed by atoms with Crippen molar-refractivity contribution >= 4 is 44.3 Å². The number of sulfonamides is 1. The van der Waals surface area contributed by atoms with Crippen LogP contribution >= 0.6 is 23.4 Å². The minimum Gasteiger partial charge on any atom is -0.243 e. The van der Waals surface area contributed by atoms with Gasteiger partial charge in [0.25, 0.3) is 0 Å². The number of alkyl halides is 6. The molecule has 172 valence electrons. The normalized spacial score (nSPS) is 13.0. The van der Waals surface area contributed by atoms with Crippen LogP contribution < -0.4 is 4.72 Å². The minimum atomic E-state index is -4.76. The Labute approximate surface area is 188 Å². The molecule has 0 aliphatic carbocycles. The maximum atomic E-state index is 13.1. The van der Waals surface area contributed by atoms with Gasteiger partial charge in [-0.2, -0.15) is 26.3 Å². The predicted octanol–water partition coefficient (Wildman–Crippen LogP) is 6.00. The fourth-order valence-corrected chi connectivity index (χ4v) is 5.34. The van der Waals surface area contributed by atoms with Crippen molar-refractivity contribution < 1.29 is 34.8 Å². The van der Waals surface area contributed by atoms with Crippen molar-refractivity contribution in [1.82, 2.24) is 9.71 Å². The van der Waals surface area contributed by atoms with Crippen molar-refractivity contribution in [3.8, 4) is 0 Å². The Morgan fingerprint density at radius 2 is 1.66 bits per heavy atom. The fraction of sp³-hybridized carbons (Fsp3) is 0.211. The second-order valence-corrected chi connectivity index (χ2v) is 9.69. The van der Waals surface area contributed by atoms with Crippen molar-refractivity contribution in [3.63, 3.8) is 0 Å². The number of nitrogens with zero attached hydrogens (tertiary/aromatic N) is 1. The number of halogens is 7. The fourth-order valence-electron chi connectivity index (χ4n) is 2.71. The summed E-state index contributed by atoms with van der Waals surface area (Å²) in [6.07, 6.45) is -9.43. The number of aromatic nitrogens is 1. The number of benzene rings is 2. The molecule has 0 spiro atoms. The van der Waals surface area contributed by atoms with E-state index in [-0.39, 0.29) is 22.7 Å². The van der Waals surface area contributed by atoms with E-state index in [1.54, 1.807) is 12.1 Å². The van der Waals surface area contributed by atoms with Crippen LogP contribution in [0.1, 0.15) is 11.3 Å². The van der Waals surface area contributed by atoms with E-state index in [4.69, 9.17) is 11.6 Å². The molecular formula is C19H13ClF6N2O2S2. The largest absolute Gasteiger partial charge is 0.433 e. The summed E-state index contributed by atoms with van der Waals surface area (Å²) >= 11 is 6.71. The Hall–Kier alpha value is -2.02. The zero-order valence-electron chi connectivity index (χ0n) is 15.8. The molecule has 0 aliphatic rings. The third kappa shape index (κ3) is 5.66. The molecule has 1 aromatic heterocycles. The maximum absolute atomic E-state index is 13.1. The van der Waals surface area contributed by atoms with E-state index in [1.807, 2.05) is 0 Å². The predicted molar refractivity (Wildman–Crippen MR) is 109 cm³/mol. The third-order valence-electron chi connectivity index (χ3n) is 4.17. The molecule has 0 radical (unpaired) electrons. The Balaban J connectivity index is 1.76. The number of para-hydroxylation sites is 1. The van der Waals surface area contributed by atoms with Crippen LogP contribution in [0.5, 0.6) is 0 Å². The molecule has 13 heteroatoms. The Bertz CT molecular complexity index is 1250. The van der Waals surface area contributed by atoms with E-state index < -0.39 is 43.6 Å². The van der Waals surface area contributed by atoms with Crippen molar-refractivity contribution in [2.75, 3.05) is 12.3 Å². The molecule has 2 aromatic carbocycles. The van der Waals surface area contributed by atoms with Crippen LogP contribution in [0.4, 0.5) is 26.3 Å². The van der Waals surface area contributed by atoms with Crippen LogP contribution in [0.15, 0.2) is 58.3 Å². The number of pyridine rings is 1. The summed E-state index contributed by atoms with van der Waals surface area (Å²) in [6.45, 7) is -0.266. The van der Waals surface area contributed by atoms with Gasteiger partial charge in [0.1, 0.15) is 10.6 Å². The average molecular weight is 515 g/mol. The van der Waals surface area contributed by atoms with Crippen LogP contribution in [0.2, 0.25) is 5.02 Å². The number of rotatable bonds is 6. The number of hydrogen-bond acceptors (Lipinski definition) is 4. The van der Waals surface area contributed by atoms with Gasteiger partial charge in [-0.05, 0) is 30.3 Å². The molecule has 1 heterocycles. The Morgan fingerprint density at radius 1 is 0.969 bits per heavy atom. The number of thioether (sulfide) groups is 1. The number of hydrogen-bond donors (Lipinski definition) is 1. The Kier molecular flexibility index (Phi) is 6.99. The van der Waals surface area contributed by atoms with Gasteiger partial charge in [0.05, 0.1) is 16.1 Å². The highest BCUT2D eigenvalue weighted by Gasteiger charge is 2.34. The van der Waals surface area contributed by atoms with Crippen LogP contribution in [0.25, 0.3) is 10.9 Å². The molecule has 1 N–H and O–H groups in total. The van der Waals surface area contributed by atoms with Crippen molar-refractivity contribution in [1.29, 1.82) is 0 Å². The van der Waals surface area contributed by atoms with E-state index >= 15 is 0 Å². The van der Waals surface area contributed by atoms with Crippen molar-refractivity contribution in [3.05, 3.63) is 64.8 Å². The first-order valence-electron chi connectivity index (χ1n) is 8.75. The second kappa shape index (κ2) is 9.08. The van der Waals surface area contributed by atoms with Gasteiger partial charge in [0.2, 0.25) is 10.0 Å². The third-order valence-corrected chi connectivity index (χ3v) is 7.17. The first kappa shape index (κ1) is 24.6. The lowest BCUT2D eigenvalue weighted by molar-refractivity contribution is -0.141. The van der Waals surface area contributed by atoms with Crippen LogP contribution in [0.3, 0.4) is 0 Å². The van der Waals surface area contributed by atoms with E-state index in [2.05, 4.69) is 9.71 Å². The van der Waals surface area contributed by atoms with Crippen LogP contribution in [-0.2, 0) is 22.4 Å². The monoisotopic (exact) mass is 514 g/mol. The SMILES string of the molecule is O=S(=O)(NCCSc1cc(C(F)(F)F)nc2ccccc12)c1cc(C(F)(F)F)ccc1Cl. The molecule has 0 saturated heterocycles. The molecular weight excluding hydrogens is 502 g/mol. The van der Waals surface area contributed by atoms with Gasteiger partial charge in [0, 0.05) is 22.6 Å². The molecule has 0 bridgehead atoms. The molecule has 3 rings (SSSR count). The molecule has 0 fully saturated rings. The van der Waals surface area contributed by atoms with Gasteiger partial charge >= 0.3 is 12.4 Å². The first-order valence-corrected chi connectivity index (χ1v) is 11.6. The standard InChI is InChI=1S/C19H13ClF6N2O2S2/c20-13-6-5-11(18(21,22)23)9-16(13)32(29,30)27-7-8-31-15-10-17(19(24,25)26)28-14-4-2-1-3-12(14)15/h1-6,9-10,27H,7-8H2. The quantitative estimate of drug-likeness (QED) is 0.249. The lowest BCUT2D eigenvalue weighted by Gasteiger charge is -2.13. The maximum Gasteiger partial charge on any atom is 0.433 e. The molecule has 32 heavy (non-hydrogen) atoms. The molecule has 0 aliphatic heterocycles. The molecule has 0 unspecified atom stereocenters. The van der Waals surface area contributed by atoms with Crippen molar-refractivity contribution in [2.24, 2.45) is 0 Å². The lowest BCUT2D eigenvalue weighted by atomic mass is 10.2. The highest BCUT2D eigenvalue weighted by molar-refractivity contribution is 7.99. The smallest absolute Gasteiger partial charge is 0.243 e. The molecule has 0 atom stereocenters. The van der Waals surface area contributed by atoms with Crippen molar-refractivity contribution in [2.45, 2.75) is 22.1 Å². The van der Waals surface area contributed by atoms with E-state index in [9.17, 15) is 34.8 Å². The van der Waals surface area contributed by atoms with Crippen LogP contribution in [-0.4, -0.2) is 25.7 Å². The average Bonchev–Trinajstić information content (AvgIpc) is 2.69. The zero-order chi connectivity index (χ0) is 23.7. The topological polar surface area (TPSA) is 59.1 Å². The summed E-state index contributed by atoms with van der Waals surface area (Å²) in [5.41, 5.74) is -2.14. The van der Waals surface area contributed by atoms with E-state index in [0.717, 1.165) is 23.9 Å². The van der Waals surface area contributed by atoms with Gasteiger partial charge in [-0.25, -0.2) is 18.1 Å². The molecule has 4 nitrogen and oxygen atoms in total. The summed E-state index contributed by atoms with van der Waals surface area (Å²) in [5, 5.41) is 0.0578. The van der Waals surface area contributed by atoms with E-state index in [1.165, 1.54) is 12.1 Å². The van der Waals surface area contributed by atoms with Gasteiger partial charge in [-0.3, -0.25) is 0 Å². The summed E-state index contributed by atoms with van der Waals surface area (Å²) in [5.74, 6) is 0.00111. The summed E-state index contributed by atoms with van der Waals surface area (Å²) < 4.78 is 105. The zero-order valence-corrected chi connectivity index (χ0v) is 18.1. The number of nitrogens with one attached hydrogen (secondary N) is 1.